The highest BCUT2D eigenvalue weighted by atomic mass is 35.5. The largest absolute Gasteiger partial charge is 0.401 e. The van der Waals surface area contributed by atoms with Crippen molar-refractivity contribution >= 4 is 64.1 Å². The molecule has 1 aromatic heterocycles. The van der Waals surface area contributed by atoms with Crippen LogP contribution in [0.25, 0.3) is 11.6 Å². The Bertz CT molecular complexity index is 1450. The van der Waals surface area contributed by atoms with Crippen molar-refractivity contribution < 1.29 is 22.8 Å². The van der Waals surface area contributed by atoms with Crippen LogP contribution in [-0.2, 0) is 21.8 Å². The molecule has 6 nitrogen and oxygen atoms in total. The number of hydrogen-bond donors (Lipinski definition) is 4. The normalized spacial score (nSPS) is 14.0. The van der Waals surface area contributed by atoms with Crippen LogP contribution < -0.4 is 16.0 Å². The summed E-state index contributed by atoms with van der Waals surface area (Å²) in [6.07, 6.45) is -2.47. The summed E-state index contributed by atoms with van der Waals surface area (Å²) in [6, 6.07) is 11.1. The molecule has 0 spiro atoms. The molecule has 0 unspecified atom stereocenters. The van der Waals surface area contributed by atoms with E-state index in [-0.39, 0.29) is 31.3 Å². The van der Waals surface area contributed by atoms with Crippen LogP contribution in [0.2, 0.25) is 10.0 Å². The number of H-pyrrole nitrogens is 1. The number of rotatable bonds is 10. The Morgan fingerprint density at radius 1 is 1.07 bits per heavy atom. The van der Waals surface area contributed by atoms with Gasteiger partial charge in [0.25, 0.3) is 5.91 Å². The highest BCUT2D eigenvalue weighted by molar-refractivity contribution is 7.98. The van der Waals surface area contributed by atoms with Crippen LogP contribution in [0.4, 0.5) is 18.9 Å². The zero-order valence-electron chi connectivity index (χ0n) is 21.7. The molecule has 0 saturated carbocycles. The summed E-state index contributed by atoms with van der Waals surface area (Å²) < 4.78 is 36.7. The molecule has 0 fully saturated rings. The molecule has 0 bridgehead atoms. The Morgan fingerprint density at radius 3 is 2.50 bits per heavy atom. The van der Waals surface area contributed by atoms with Gasteiger partial charge in [-0.15, -0.1) is 11.8 Å². The molecule has 4 rings (SSSR count). The lowest BCUT2D eigenvalue weighted by Crippen LogP contribution is -2.36. The van der Waals surface area contributed by atoms with Gasteiger partial charge >= 0.3 is 6.18 Å². The van der Waals surface area contributed by atoms with E-state index in [0.29, 0.717) is 32.8 Å². The van der Waals surface area contributed by atoms with Gasteiger partial charge in [-0.2, -0.15) is 13.2 Å². The first-order chi connectivity index (χ1) is 18.9. The number of aromatic amines is 1. The van der Waals surface area contributed by atoms with E-state index < -0.39 is 12.7 Å². The van der Waals surface area contributed by atoms with E-state index >= 15 is 0 Å². The zero-order valence-corrected chi connectivity index (χ0v) is 24.0. The van der Waals surface area contributed by atoms with Gasteiger partial charge in [-0.05, 0) is 66.9 Å². The number of alkyl halides is 3. The standard InChI is InChI=1S/C28H27Cl2F3N4O2S/c1-15-18(12-26(38)35-9-8-34-14-28(31,32)33)16(2)36-25(15)11-20-19-10-17(6-7-24(19)37-27(20)39)40-13-21-22(29)4-3-5-23(21)30/h3-7,10-11,34,36H,8-9,12-14H2,1-2H3,(H,35,38)(H,37,39)/b20-11-. The molecule has 1 aliphatic rings. The Labute approximate surface area is 244 Å². The van der Waals surface area contributed by atoms with Gasteiger partial charge in [0.2, 0.25) is 5.91 Å². The van der Waals surface area contributed by atoms with Crippen LogP contribution in [0.5, 0.6) is 0 Å². The minimum atomic E-state index is -4.30. The summed E-state index contributed by atoms with van der Waals surface area (Å²) in [5, 5.41) is 8.96. The van der Waals surface area contributed by atoms with Gasteiger partial charge in [-0.3, -0.25) is 9.59 Å². The summed E-state index contributed by atoms with van der Waals surface area (Å²) in [6.45, 7) is 2.67. The van der Waals surface area contributed by atoms with Crippen molar-refractivity contribution in [3.05, 3.63) is 80.1 Å². The summed E-state index contributed by atoms with van der Waals surface area (Å²) >= 11 is 14.2. The number of anilines is 1. The maximum absolute atomic E-state index is 12.9. The monoisotopic (exact) mass is 610 g/mol. The lowest BCUT2D eigenvalue weighted by molar-refractivity contribution is -0.124. The van der Waals surface area contributed by atoms with E-state index in [9.17, 15) is 22.8 Å². The van der Waals surface area contributed by atoms with E-state index in [0.717, 1.165) is 32.8 Å². The maximum Gasteiger partial charge on any atom is 0.401 e. The number of carbonyl (C=O) groups excluding carboxylic acids is 2. The van der Waals surface area contributed by atoms with Crippen LogP contribution in [-0.4, -0.2) is 42.6 Å². The second-order valence-corrected chi connectivity index (χ2v) is 11.2. The number of amides is 2. The third kappa shape index (κ3) is 7.42. The lowest BCUT2D eigenvalue weighted by atomic mass is 10.0. The van der Waals surface area contributed by atoms with E-state index in [4.69, 9.17) is 23.2 Å². The third-order valence-corrected chi connectivity index (χ3v) is 8.15. The van der Waals surface area contributed by atoms with Crippen LogP contribution in [0, 0.1) is 13.8 Å². The van der Waals surface area contributed by atoms with Crippen molar-refractivity contribution in [3.63, 3.8) is 0 Å². The smallest absolute Gasteiger partial charge is 0.359 e. The first-order valence-electron chi connectivity index (χ1n) is 12.4. The highest BCUT2D eigenvalue weighted by Crippen LogP contribution is 2.38. The Kier molecular flexibility index (Phi) is 9.56. The molecule has 40 heavy (non-hydrogen) atoms. The fraction of sp³-hybridized carbons (Fsp3) is 0.286. The molecule has 3 aromatic rings. The number of hydrogen-bond acceptors (Lipinski definition) is 4. The van der Waals surface area contributed by atoms with Gasteiger partial charge in [-0.25, -0.2) is 0 Å². The van der Waals surface area contributed by atoms with E-state index in [1.807, 2.05) is 32.0 Å². The molecule has 0 aliphatic carbocycles. The van der Waals surface area contributed by atoms with Gasteiger partial charge in [0.05, 0.1) is 18.5 Å². The van der Waals surface area contributed by atoms with Gasteiger partial charge in [0.1, 0.15) is 0 Å². The van der Waals surface area contributed by atoms with Crippen molar-refractivity contribution in [2.75, 3.05) is 25.0 Å². The van der Waals surface area contributed by atoms with E-state index in [2.05, 4.69) is 20.9 Å². The average Bonchev–Trinajstić information content (AvgIpc) is 3.32. The van der Waals surface area contributed by atoms with E-state index in [1.54, 1.807) is 36.0 Å². The predicted octanol–water partition coefficient (Wildman–Crippen LogP) is 6.53. The molecule has 212 valence electrons. The molecular formula is C28H27Cl2F3N4O2S. The summed E-state index contributed by atoms with van der Waals surface area (Å²) in [5.41, 5.74) is 5.86. The number of halogens is 5. The van der Waals surface area contributed by atoms with Gasteiger partial charge in [0, 0.05) is 56.4 Å². The predicted molar refractivity (Wildman–Crippen MR) is 155 cm³/mol. The first-order valence-corrected chi connectivity index (χ1v) is 14.1. The van der Waals surface area contributed by atoms with E-state index in [1.165, 1.54) is 0 Å². The number of benzene rings is 2. The number of thioether (sulfide) groups is 1. The number of fused-ring (bicyclic) bond motifs is 1. The van der Waals surface area contributed by atoms with Crippen molar-refractivity contribution in [2.24, 2.45) is 0 Å². The van der Waals surface area contributed by atoms with Gasteiger partial charge < -0.3 is 20.9 Å². The summed E-state index contributed by atoms with van der Waals surface area (Å²) in [4.78, 5) is 29.5. The molecule has 0 saturated heterocycles. The topological polar surface area (TPSA) is 86.0 Å². The number of aromatic nitrogens is 1. The van der Waals surface area contributed by atoms with Crippen molar-refractivity contribution in [1.82, 2.24) is 15.6 Å². The zero-order chi connectivity index (χ0) is 29.0. The maximum atomic E-state index is 12.9. The van der Waals surface area contributed by atoms with Crippen LogP contribution >= 0.6 is 35.0 Å². The SMILES string of the molecule is Cc1[nH]c(/C=C2\C(=O)Nc3ccc(SCc4c(Cl)cccc4Cl)cc32)c(C)c1CC(=O)NCCNCC(F)(F)F. The second kappa shape index (κ2) is 12.7. The fourth-order valence-corrected chi connectivity index (χ4v) is 6.02. The Hall–Kier alpha value is -2.92. The first kappa shape index (κ1) is 30.0. The third-order valence-electron chi connectivity index (χ3n) is 6.43. The Morgan fingerprint density at radius 2 is 1.80 bits per heavy atom. The highest BCUT2D eigenvalue weighted by Gasteiger charge is 2.27. The molecule has 1 aliphatic heterocycles. The molecule has 2 aromatic carbocycles. The molecule has 0 radical (unpaired) electrons. The molecule has 4 N–H and O–H groups in total. The molecule has 0 atom stereocenters. The van der Waals surface area contributed by atoms with Crippen LogP contribution in [0.15, 0.2) is 41.3 Å². The summed E-state index contributed by atoms with van der Waals surface area (Å²) in [7, 11) is 0. The molecular weight excluding hydrogens is 584 g/mol. The van der Waals surface area contributed by atoms with Crippen LogP contribution in [0.3, 0.4) is 0 Å². The van der Waals surface area contributed by atoms with Gasteiger partial charge in [0.15, 0.2) is 0 Å². The summed E-state index contributed by atoms with van der Waals surface area (Å²) in [5.74, 6) is 0.0299. The molecule has 2 amide bonds. The van der Waals surface area contributed by atoms with Gasteiger partial charge in [-0.1, -0.05) is 29.3 Å². The van der Waals surface area contributed by atoms with Crippen LogP contribution in [0.1, 0.15) is 33.6 Å². The van der Waals surface area contributed by atoms with Crippen molar-refractivity contribution in [1.29, 1.82) is 0 Å². The minimum absolute atomic E-state index is 0.00786. The second-order valence-electron chi connectivity index (χ2n) is 9.29. The fourth-order valence-electron chi connectivity index (χ4n) is 4.34. The number of carbonyl (C=O) groups is 2. The average molecular weight is 612 g/mol. The number of aryl methyl sites for hydroxylation is 1. The quantitative estimate of drug-likeness (QED) is 0.119. The molecule has 2 heterocycles. The van der Waals surface area contributed by atoms with Crippen molar-refractivity contribution in [2.45, 2.75) is 37.1 Å². The van der Waals surface area contributed by atoms with Crippen molar-refractivity contribution in [3.8, 4) is 0 Å². The lowest BCUT2D eigenvalue weighted by Gasteiger charge is -2.09. The minimum Gasteiger partial charge on any atom is -0.359 e. The molecule has 12 heteroatoms. The number of nitrogens with one attached hydrogen (secondary N) is 4. The Balaban J connectivity index is 1.46.